The van der Waals surface area contributed by atoms with Gasteiger partial charge in [0.15, 0.2) is 0 Å². The van der Waals surface area contributed by atoms with Crippen LogP contribution in [0.1, 0.15) is 379 Å². The van der Waals surface area contributed by atoms with Gasteiger partial charge in [-0.1, -0.05) is 334 Å². The zero-order valence-electron chi connectivity index (χ0n) is 55.4. The number of rotatable bonds is 68. The van der Waals surface area contributed by atoms with E-state index >= 15 is 0 Å². The van der Waals surface area contributed by atoms with Crippen molar-refractivity contribution in [3.8, 4) is 11.5 Å². The summed E-state index contributed by atoms with van der Waals surface area (Å²) < 4.78 is 25.0. The molecule has 0 amide bonds. The largest absolute Gasteiger partial charge is 0.494 e. The molecule has 2 aromatic rings. The number of carbonyl (C=O) groups is 2. The van der Waals surface area contributed by atoms with E-state index in [1.54, 1.807) is 0 Å². The molecular weight excluding hydrogens is 1270 g/mol. The molecule has 0 saturated heterocycles. The second-order valence-corrected chi connectivity index (χ2v) is 28.2. The van der Waals surface area contributed by atoms with Crippen LogP contribution in [0.15, 0.2) is 48.5 Å². The lowest BCUT2D eigenvalue weighted by Gasteiger charge is -2.07. The van der Waals surface area contributed by atoms with E-state index < -0.39 is 0 Å². The maximum absolute atomic E-state index is 12.2. The number of benzene rings is 2. The highest BCUT2D eigenvalue weighted by atomic mass is 127. The Labute approximate surface area is 554 Å². The number of hydrogen-bond donors (Lipinski definition) is 0. The summed E-state index contributed by atoms with van der Waals surface area (Å²) in [7, 11) is 0. The van der Waals surface area contributed by atoms with Crippen molar-refractivity contribution in [2.45, 2.75) is 379 Å². The third kappa shape index (κ3) is 59.8. The van der Waals surface area contributed by atoms with Crippen LogP contribution in [0.3, 0.4) is 0 Å². The summed E-state index contributed by atoms with van der Waals surface area (Å²) in [6.07, 6.45) is 77.9. The van der Waals surface area contributed by atoms with Crippen LogP contribution in [0.4, 0.5) is 0 Å². The summed E-state index contributed by atoms with van der Waals surface area (Å²) in [6.45, 7) is 2.39. The highest BCUT2D eigenvalue weighted by Crippen LogP contribution is 2.21. The average Bonchev–Trinajstić information content (AvgIpc) is 3.51. The van der Waals surface area contributed by atoms with Crippen LogP contribution in [-0.4, -0.2) is 38.4 Å². The van der Waals surface area contributed by atoms with E-state index in [0.29, 0.717) is 32.5 Å². The number of carbonyl (C=O) groups excluding carboxylic acids is 2. The van der Waals surface area contributed by atoms with Gasteiger partial charge in [0.2, 0.25) is 0 Å². The van der Waals surface area contributed by atoms with E-state index in [0.717, 1.165) is 50.4 Å². The van der Waals surface area contributed by atoms with Gasteiger partial charge in [-0.25, -0.2) is 0 Å². The molecule has 0 radical (unpaired) electrons. The molecule has 0 atom stereocenters. The molecule has 0 N–H and O–H groups in total. The van der Waals surface area contributed by atoms with Crippen molar-refractivity contribution in [2.24, 2.45) is 0 Å². The molecule has 0 fully saturated rings. The molecule has 8 heteroatoms. The van der Waals surface area contributed by atoms with Gasteiger partial charge in [-0.05, 0) is 119 Å². The lowest BCUT2D eigenvalue weighted by molar-refractivity contribution is -0.146. The lowest BCUT2D eigenvalue weighted by atomic mass is 10.0. The van der Waals surface area contributed by atoms with Gasteiger partial charge >= 0.3 is 11.9 Å². The maximum Gasteiger partial charge on any atom is 0.305 e. The molecule has 0 aliphatic rings. The first-order valence-electron chi connectivity index (χ1n) is 37.1. The first-order valence-corrected chi connectivity index (χ1v) is 39.3. The Hall–Kier alpha value is -1.56. The summed E-state index contributed by atoms with van der Waals surface area (Å²) >= 11 is 4.67. The van der Waals surface area contributed by atoms with Crippen molar-refractivity contribution in [1.82, 2.24) is 0 Å². The topological polar surface area (TPSA) is 71.1 Å². The molecule has 0 aliphatic carbocycles. The first kappa shape index (κ1) is 79.5. The molecule has 0 bridgehead atoms. The molecule has 6 nitrogen and oxygen atoms in total. The van der Waals surface area contributed by atoms with Crippen molar-refractivity contribution in [3.05, 3.63) is 55.7 Å². The Morgan fingerprint density at radius 2 is 0.376 bits per heavy atom. The summed E-state index contributed by atoms with van der Waals surface area (Å²) in [5.41, 5.74) is 0. The second-order valence-electron chi connectivity index (χ2n) is 25.7. The maximum atomic E-state index is 12.2. The Morgan fingerprint density at radius 1 is 0.212 bits per heavy atom. The summed E-state index contributed by atoms with van der Waals surface area (Å²) in [4.78, 5) is 24.3. The van der Waals surface area contributed by atoms with Crippen molar-refractivity contribution in [2.75, 3.05) is 26.4 Å². The molecule has 0 aliphatic heterocycles. The molecule has 0 heterocycles. The van der Waals surface area contributed by atoms with Crippen LogP contribution < -0.4 is 9.47 Å². The third-order valence-corrected chi connectivity index (χ3v) is 19.0. The molecular formula is C77H134I2O6. The van der Waals surface area contributed by atoms with Crippen LogP contribution in [0, 0.1) is 7.14 Å². The van der Waals surface area contributed by atoms with Crippen molar-refractivity contribution < 1.29 is 28.5 Å². The van der Waals surface area contributed by atoms with E-state index in [1.807, 2.05) is 0 Å². The van der Waals surface area contributed by atoms with Gasteiger partial charge < -0.3 is 18.9 Å². The summed E-state index contributed by atoms with van der Waals surface area (Å²) in [5, 5.41) is 0. The smallest absolute Gasteiger partial charge is 0.305 e. The molecule has 0 aromatic heterocycles. The Morgan fingerprint density at radius 3 is 0.565 bits per heavy atom. The highest BCUT2D eigenvalue weighted by Gasteiger charge is 2.07. The minimum Gasteiger partial charge on any atom is -0.494 e. The monoisotopic (exact) mass is 1410 g/mol. The van der Waals surface area contributed by atoms with Gasteiger partial charge in [0.05, 0.1) is 26.4 Å². The predicted octanol–water partition coefficient (Wildman–Crippen LogP) is 26.5. The zero-order valence-corrected chi connectivity index (χ0v) is 59.7. The minimum atomic E-state index is -0.109. The second kappa shape index (κ2) is 65.4. The molecule has 2 rings (SSSR count). The Kier molecular flexibility index (Phi) is 61.2. The van der Waals surface area contributed by atoms with Crippen LogP contribution in [-0.2, 0) is 19.1 Å². The molecule has 0 spiro atoms. The van der Waals surface area contributed by atoms with Gasteiger partial charge in [0.1, 0.15) is 11.5 Å². The fourth-order valence-electron chi connectivity index (χ4n) is 12.0. The van der Waals surface area contributed by atoms with E-state index in [2.05, 4.69) is 93.7 Å². The Balaban J connectivity index is 1.13. The zero-order chi connectivity index (χ0) is 60.5. The SMILES string of the molecule is O=C(CCCCCCCCCCCCCCCCCCCCCCCCCCCCCCOc1ccc(I)cc1)OCCCOC(=O)CCCCCCCCCCCCCCCCCCCCCCCCCCCCCCOc1ccc(I)cc1. The Bertz CT molecular complexity index is 1550. The lowest BCUT2D eigenvalue weighted by Crippen LogP contribution is -2.10. The molecule has 2 aromatic carbocycles. The fourth-order valence-corrected chi connectivity index (χ4v) is 12.7. The number of ether oxygens (including phenoxy) is 4. The molecule has 85 heavy (non-hydrogen) atoms. The normalized spacial score (nSPS) is 11.4. The van der Waals surface area contributed by atoms with Gasteiger partial charge in [0, 0.05) is 26.4 Å². The minimum absolute atomic E-state index is 0.109. The quantitative estimate of drug-likeness (QED) is 0.0373. The summed E-state index contributed by atoms with van der Waals surface area (Å²) in [5.74, 6) is 1.78. The van der Waals surface area contributed by atoms with E-state index in [1.165, 1.54) is 341 Å². The van der Waals surface area contributed by atoms with E-state index in [-0.39, 0.29) is 11.9 Å². The summed E-state index contributed by atoms with van der Waals surface area (Å²) in [6, 6.07) is 16.7. The van der Waals surface area contributed by atoms with Crippen molar-refractivity contribution in [3.63, 3.8) is 0 Å². The predicted molar refractivity (Wildman–Crippen MR) is 384 cm³/mol. The van der Waals surface area contributed by atoms with Crippen LogP contribution in [0.5, 0.6) is 11.5 Å². The van der Waals surface area contributed by atoms with E-state index in [9.17, 15) is 9.59 Å². The van der Waals surface area contributed by atoms with Gasteiger partial charge in [-0.3, -0.25) is 9.59 Å². The van der Waals surface area contributed by atoms with Gasteiger partial charge in [0.25, 0.3) is 0 Å². The number of unbranched alkanes of at least 4 members (excludes halogenated alkanes) is 54. The van der Waals surface area contributed by atoms with Crippen LogP contribution in [0.25, 0.3) is 0 Å². The molecule has 0 saturated carbocycles. The van der Waals surface area contributed by atoms with Crippen molar-refractivity contribution in [1.29, 1.82) is 0 Å². The first-order chi connectivity index (χ1) is 42.0. The van der Waals surface area contributed by atoms with Crippen LogP contribution >= 0.6 is 45.2 Å². The average molecular weight is 1410 g/mol. The highest BCUT2D eigenvalue weighted by molar-refractivity contribution is 14.1. The van der Waals surface area contributed by atoms with E-state index in [4.69, 9.17) is 18.9 Å². The number of halogens is 2. The van der Waals surface area contributed by atoms with Crippen LogP contribution in [0.2, 0.25) is 0 Å². The number of esters is 2. The fraction of sp³-hybridized carbons (Fsp3) is 0.818. The third-order valence-electron chi connectivity index (χ3n) is 17.5. The van der Waals surface area contributed by atoms with Gasteiger partial charge in [-0.2, -0.15) is 0 Å². The molecule has 492 valence electrons. The molecule has 0 unspecified atom stereocenters. The van der Waals surface area contributed by atoms with Gasteiger partial charge in [-0.15, -0.1) is 0 Å². The standard InChI is InChI=1S/C77H134I2O6/c78-72-60-64-74(65-61-72)82-68-55-51-47-43-39-35-31-27-23-19-15-11-7-3-1-5-9-13-17-21-25-29-33-37-41-45-49-53-58-76(80)84-70-57-71-85-77(81)59-54-50-46-42-38-34-30-26-22-18-14-10-6-2-4-8-12-16-20-24-28-32-36-40-44-48-52-56-69-83-75-66-62-73(79)63-67-75/h60-67H,1-59,68-71H2. The number of hydrogen-bond acceptors (Lipinski definition) is 6. The van der Waals surface area contributed by atoms with Crippen molar-refractivity contribution >= 4 is 57.1 Å².